The summed E-state index contributed by atoms with van der Waals surface area (Å²) in [6.45, 7) is 3.32. The van der Waals surface area contributed by atoms with Gasteiger partial charge >= 0.3 is 0 Å². The van der Waals surface area contributed by atoms with Gasteiger partial charge < -0.3 is 10.6 Å². The summed E-state index contributed by atoms with van der Waals surface area (Å²) >= 11 is 6.46. The fourth-order valence-corrected chi connectivity index (χ4v) is 4.97. The van der Waals surface area contributed by atoms with Gasteiger partial charge in [0, 0.05) is 11.6 Å². The van der Waals surface area contributed by atoms with Gasteiger partial charge in [0.2, 0.25) is 0 Å². The van der Waals surface area contributed by atoms with E-state index in [2.05, 4.69) is 47.9 Å². The molecule has 3 aromatic carbocycles. The molecule has 4 heteroatoms. The first-order chi connectivity index (χ1) is 16.6. The van der Waals surface area contributed by atoms with E-state index in [1.165, 1.54) is 36.0 Å². The molecule has 0 saturated heterocycles. The molecule has 0 spiro atoms. The number of halogens is 1. The van der Waals surface area contributed by atoms with Gasteiger partial charge in [-0.15, -0.1) is 0 Å². The summed E-state index contributed by atoms with van der Waals surface area (Å²) in [5, 5.41) is 6.61. The van der Waals surface area contributed by atoms with Crippen LogP contribution < -0.4 is 10.6 Å². The van der Waals surface area contributed by atoms with Crippen molar-refractivity contribution in [3.8, 4) is 11.1 Å². The summed E-state index contributed by atoms with van der Waals surface area (Å²) < 4.78 is 0. The molecular weight excluding hydrogens is 440 g/mol. The van der Waals surface area contributed by atoms with E-state index in [4.69, 9.17) is 11.6 Å². The molecule has 1 unspecified atom stereocenters. The minimum absolute atomic E-state index is 0.126. The number of nitrogens with one attached hydrogen (secondary N) is 2. The molecule has 1 aliphatic rings. The summed E-state index contributed by atoms with van der Waals surface area (Å²) in [4.78, 5) is 12.6. The van der Waals surface area contributed by atoms with Gasteiger partial charge in [0.05, 0.1) is 0 Å². The van der Waals surface area contributed by atoms with E-state index in [1.54, 1.807) is 0 Å². The quantitative estimate of drug-likeness (QED) is 0.259. The SMILES string of the molecule is CCCN[C@H]1CCc2ccc(CCCC(Cl)NC(=O)c3ccc(-c4ccccc4)cc3)cc2C1. The maximum atomic E-state index is 12.6. The molecule has 3 aromatic rings. The van der Waals surface area contributed by atoms with Crippen molar-refractivity contribution in [3.05, 3.63) is 95.1 Å². The number of aryl methyl sites for hydroxylation is 2. The van der Waals surface area contributed by atoms with Crippen molar-refractivity contribution in [1.29, 1.82) is 0 Å². The Balaban J connectivity index is 1.24. The monoisotopic (exact) mass is 474 g/mol. The maximum Gasteiger partial charge on any atom is 0.252 e. The Morgan fingerprint density at radius 2 is 1.76 bits per heavy atom. The smallest absolute Gasteiger partial charge is 0.252 e. The van der Waals surface area contributed by atoms with Crippen LogP contribution in [0.5, 0.6) is 0 Å². The lowest BCUT2D eigenvalue weighted by atomic mass is 9.86. The van der Waals surface area contributed by atoms with Gasteiger partial charge in [-0.2, -0.15) is 0 Å². The van der Waals surface area contributed by atoms with Gasteiger partial charge in [0.15, 0.2) is 0 Å². The highest BCUT2D eigenvalue weighted by atomic mass is 35.5. The second-order valence-corrected chi connectivity index (χ2v) is 9.80. The number of carbonyl (C=O) groups excluding carboxylic acids is 1. The molecule has 0 radical (unpaired) electrons. The van der Waals surface area contributed by atoms with Crippen LogP contribution in [-0.4, -0.2) is 24.0 Å². The van der Waals surface area contributed by atoms with Crippen LogP contribution in [0.1, 0.15) is 59.7 Å². The Hall–Kier alpha value is -2.62. The van der Waals surface area contributed by atoms with Crippen LogP contribution in [0.15, 0.2) is 72.8 Å². The van der Waals surface area contributed by atoms with Crippen molar-refractivity contribution in [3.63, 3.8) is 0 Å². The Bertz CT molecular complexity index is 1060. The lowest BCUT2D eigenvalue weighted by Gasteiger charge is -2.26. The van der Waals surface area contributed by atoms with E-state index in [1.807, 2.05) is 42.5 Å². The Morgan fingerprint density at radius 1 is 1.00 bits per heavy atom. The largest absolute Gasteiger partial charge is 0.336 e. The fourth-order valence-electron chi connectivity index (χ4n) is 4.72. The lowest BCUT2D eigenvalue weighted by molar-refractivity contribution is 0.0947. The van der Waals surface area contributed by atoms with E-state index in [9.17, 15) is 4.79 Å². The second kappa shape index (κ2) is 12.2. The van der Waals surface area contributed by atoms with Crippen molar-refractivity contribution in [1.82, 2.24) is 10.6 Å². The summed E-state index contributed by atoms with van der Waals surface area (Å²) in [6, 6.07) is 25.4. The van der Waals surface area contributed by atoms with Gasteiger partial charge in [-0.1, -0.05) is 79.2 Å². The molecule has 34 heavy (non-hydrogen) atoms. The number of hydrogen-bond donors (Lipinski definition) is 2. The number of fused-ring (bicyclic) bond motifs is 1. The highest BCUT2D eigenvalue weighted by Crippen LogP contribution is 2.24. The molecule has 2 N–H and O–H groups in total. The Morgan fingerprint density at radius 3 is 2.53 bits per heavy atom. The topological polar surface area (TPSA) is 41.1 Å². The first-order valence-corrected chi connectivity index (χ1v) is 13.0. The zero-order valence-corrected chi connectivity index (χ0v) is 20.8. The van der Waals surface area contributed by atoms with Gasteiger partial charge in [0.1, 0.15) is 5.50 Å². The molecule has 178 valence electrons. The number of carbonyl (C=O) groups is 1. The number of rotatable bonds is 10. The fraction of sp³-hybridized carbons (Fsp3) is 0.367. The van der Waals surface area contributed by atoms with Crippen LogP contribution in [0.25, 0.3) is 11.1 Å². The van der Waals surface area contributed by atoms with Crippen LogP contribution in [0, 0.1) is 0 Å². The third kappa shape index (κ3) is 6.71. The average Bonchev–Trinajstić information content (AvgIpc) is 2.87. The van der Waals surface area contributed by atoms with Crippen molar-refractivity contribution < 1.29 is 4.79 Å². The molecule has 1 amide bonds. The minimum atomic E-state index is -0.374. The molecule has 0 bridgehead atoms. The molecule has 4 rings (SSSR count). The number of hydrogen-bond acceptors (Lipinski definition) is 2. The third-order valence-corrected chi connectivity index (χ3v) is 6.97. The van der Waals surface area contributed by atoms with E-state index >= 15 is 0 Å². The first-order valence-electron chi connectivity index (χ1n) is 12.6. The zero-order valence-electron chi connectivity index (χ0n) is 20.0. The molecule has 0 saturated carbocycles. The predicted molar refractivity (Wildman–Crippen MR) is 142 cm³/mol. The van der Waals surface area contributed by atoms with Crippen molar-refractivity contribution in [2.24, 2.45) is 0 Å². The molecule has 0 fully saturated rings. The Kier molecular flexibility index (Phi) is 8.79. The summed E-state index contributed by atoms with van der Waals surface area (Å²) in [5.74, 6) is -0.126. The van der Waals surface area contributed by atoms with Crippen molar-refractivity contribution in [2.75, 3.05) is 6.54 Å². The number of amides is 1. The third-order valence-electron chi connectivity index (χ3n) is 6.65. The normalized spacial score (nSPS) is 16.0. The van der Waals surface area contributed by atoms with Crippen LogP contribution in [0.2, 0.25) is 0 Å². The highest BCUT2D eigenvalue weighted by Gasteiger charge is 2.18. The lowest BCUT2D eigenvalue weighted by Crippen LogP contribution is -2.35. The molecule has 0 aromatic heterocycles. The van der Waals surface area contributed by atoms with Gasteiger partial charge in [-0.25, -0.2) is 0 Å². The summed E-state index contributed by atoms with van der Waals surface area (Å²) in [5.41, 5.74) is 6.84. The molecular formula is C30H35ClN2O. The van der Waals surface area contributed by atoms with Crippen LogP contribution in [0.4, 0.5) is 0 Å². The second-order valence-electron chi connectivity index (χ2n) is 9.27. The molecule has 3 nitrogen and oxygen atoms in total. The zero-order chi connectivity index (χ0) is 23.8. The molecule has 2 atom stereocenters. The maximum absolute atomic E-state index is 12.6. The van der Waals surface area contributed by atoms with Gasteiger partial charge in [-0.05, 0) is 91.4 Å². The first kappa shape index (κ1) is 24.5. The van der Waals surface area contributed by atoms with Gasteiger partial charge in [0.25, 0.3) is 5.91 Å². The number of alkyl halides is 1. The van der Waals surface area contributed by atoms with Crippen LogP contribution >= 0.6 is 11.6 Å². The van der Waals surface area contributed by atoms with Gasteiger partial charge in [-0.3, -0.25) is 4.79 Å². The van der Waals surface area contributed by atoms with E-state index in [-0.39, 0.29) is 11.4 Å². The molecule has 1 aliphatic carbocycles. The Labute approximate surface area is 208 Å². The molecule has 0 heterocycles. The summed E-state index contributed by atoms with van der Waals surface area (Å²) in [6.07, 6.45) is 7.36. The summed E-state index contributed by atoms with van der Waals surface area (Å²) in [7, 11) is 0. The standard InChI is InChI=1S/C30H35ClN2O/c1-2-19-32-28-18-17-25-12-11-22(20-27(25)21-28)7-6-10-29(31)33-30(34)26-15-13-24(14-16-26)23-8-4-3-5-9-23/h3-5,8-9,11-16,20,28-29,32H,2,6-7,10,17-19,21H2,1H3,(H,33,34)/t28-,29?/m0/s1. The van der Waals surface area contributed by atoms with E-state index < -0.39 is 0 Å². The van der Waals surface area contributed by atoms with Crippen LogP contribution in [-0.2, 0) is 19.3 Å². The average molecular weight is 475 g/mol. The van der Waals surface area contributed by atoms with Crippen LogP contribution in [0.3, 0.4) is 0 Å². The minimum Gasteiger partial charge on any atom is -0.336 e. The predicted octanol–water partition coefficient (Wildman–Crippen LogP) is 6.53. The van der Waals surface area contributed by atoms with Crippen molar-refractivity contribution in [2.45, 2.75) is 63.4 Å². The number of benzene rings is 3. The van der Waals surface area contributed by atoms with E-state index in [0.717, 1.165) is 43.4 Å². The van der Waals surface area contributed by atoms with E-state index in [0.29, 0.717) is 11.6 Å². The van der Waals surface area contributed by atoms with Crippen molar-refractivity contribution >= 4 is 17.5 Å². The highest BCUT2D eigenvalue weighted by molar-refractivity contribution is 6.21. The molecule has 0 aliphatic heterocycles.